The summed E-state index contributed by atoms with van der Waals surface area (Å²) in [7, 11) is 1.51. The average molecular weight is 417 g/mol. The Kier molecular flexibility index (Phi) is 5.25. The van der Waals surface area contributed by atoms with Crippen molar-refractivity contribution >= 4 is 16.8 Å². The lowest BCUT2D eigenvalue weighted by Gasteiger charge is -2.12. The Balaban J connectivity index is 1.70. The molecule has 0 unspecified atom stereocenters. The van der Waals surface area contributed by atoms with Crippen molar-refractivity contribution in [1.82, 2.24) is 14.9 Å². The molecule has 1 aromatic heterocycles. The zero-order valence-corrected chi connectivity index (χ0v) is 17.0. The van der Waals surface area contributed by atoms with Gasteiger partial charge in [-0.3, -0.25) is 14.2 Å². The summed E-state index contributed by atoms with van der Waals surface area (Å²) in [4.78, 5) is 30.0. The largest absolute Gasteiger partial charge is 0.506 e. The first-order valence-electron chi connectivity index (χ1n) is 9.67. The van der Waals surface area contributed by atoms with Gasteiger partial charge in [0, 0.05) is 19.2 Å². The van der Waals surface area contributed by atoms with Gasteiger partial charge < -0.3 is 10.4 Å². The van der Waals surface area contributed by atoms with Crippen LogP contribution in [-0.4, -0.2) is 20.6 Å². The quantitative estimate of drug-likeness (QED) is 0.531. The highest BCUT2D eigenvalue weighted by Gasteiger charge is 2.19. The van der Waals surface area contributed by atoms with Gasteiger partial charge in [-0.15, -0.1) is 0 Å². The number of hydrogen-bond acceptors (Lipinski definition) is 4. The van der Waals surface area contributed by atoms with Crippen molar-refractivity contribution < 1.29 is 14.3 Å². The Labute approximate surface area is 177 Å². The highest BCUT2D eigenvalue weighted by molar-refractivity contribution is 6.02. The van der Waals surface area contributed by atoms with Gasteiger partial charge >= 0.3 is 0 Å². The van der Waals surface area contributed by atoms with Gasteiger partial charge in [0.15, 0.2) is 0 Å². The van der Waals surface area contributed by atoms with Crippen molar-refractivity contribution in [3.05, 3.63) is 93.5 Å². The summed E-state index contributed by atoms with van der Waals surface area (Å²) in [5, 5.41) is 13.4. The molecule has 0 bridgehead atoms. The van der Waals surface area contributed by atoms with Crippen LogP contribution in [0.25, 0.3) is 22.3 Å². The number of aromatic hydroxyl groups is 1. The van der Waals surface area contributed by atoms with E-state index in [4.69, 9.17) is 0 Å². The van der Waals surface area contributed by atoms with Crippen molar-refractivity contribution in [2.75, 3.05) is 0 Å². The van der Waals surface area contributed by atoms with Crippen LogP contribution in [-0.2, 0) is 13.6 Å². The van der Waals surface area contributed by atoms with Crippen LogP contribution in [0.4, 0.5) is 4.39 Å². The van der Waals surface area contributed by atoms with E-state index < -0.39 is 23.0 Å². The van der Waals surface area contributed by atoms with Crippen LogP contribution in [0.2, 0.25) is 0 Å². The maximum absolute atomic E-state index is 13.2. The summed E-state index contributed by atoms with van der Waals surface area (Å²) in [6, 6.07) is 16.3. The van der Waals surface area contributed by atoms with E-state index in [1.807, 2.05) is 31.2 Å². The Morgan fingerprint density at radius 1 is 1.06 bits per heavy atom. The number of phenols is 1. The topological polar surface area (TPSA) is 84.2 Å². The van der Waals surface area contributed by atoms with Gasteiger partial charge in [-0.1, -0.05) is 29.8 Å². The lowest BCUT2D eigenvalue weighted by molar-refractivity contribution is 0.0948. The molecule has 0 saturated heterocycles. The number of carbonyl (C=O) groups is 1. The highest BCUT2D eigenvalue weighted by atomic mass is 19.1. The Morgan fingerprint density at radius 3 is 2.42 bits per heavy atom. The van der Waals surface area contributed by atoms with Crippen molar-refractivity contribution in [3.8, 4) is 17.1 Å². The van der Waals surface area contributed by atoms with Crippen molar-refractivity contribution in [2.45, 2.75) is 13.5 Å². The fourth-order valence-electron chi connectivity index (χ4n) is 3.36. The second-order valence-electron chi connectivity index (χ2n) is 7.33. The van der Waals surface area contributed by atoms with E-state index in [2.05, 4.69) is 10.3 Å². The number of carbonyl (C=O) groups excluding carboxylic acids is 1. The minimum atomic E-state index is -0.505. The lowest BCUT2D eigenvalue weighted by Crippen LogP contribution is -2.24. The van der Waals surface area contributed by atoms with Crippen LogP contribution in [0.15, 0.2) is 65.5 Å². The number of nitrogens with zero attached hydrogens (tertiary/aromatic N) is 2. The molecule has 1 heterocycles. The first-order valence-corrected chi connectivity index (χ1v) is 9.67. The number of phenolic OH excluding ortho intramolecular Hbond substituents is 1. The van der Waals surface area contributed by atoms with E-state index in [0.717, 1.165) is 11.1 Å². The van der Waals surface area contributed by atoms with E-state index in [9.17, 15) is 19.1 Å². The molecular weight excluding hydrogens is 397 g/mol. The average Bonchev–Trinajstić information content (AvgIpc) is 2.76. The molecule has 0 aliphatic rings. The molecule has 0 atom stereocenters. The minimum Gasteiger partial charge on any atom is -0.506 e. The fraction of sp³-hybridized carbons (Fsp3) is 0.125. The number of benzene rings is 3. The lowest BCUT2D eigenvalue weighted by atomic mass is 10.1. The second-order valence-corrected chi connectivity index (χ2v) is 7.33. The molecule has 0 aliphatic heterocycles. The third-order valence-corrected chi connectivity index (χ3v) is 5.14. The van der Waals surface area contributed by atoms with Gasteiger partial charge in [0.05, 0.1) is 11.1 Å². The molecule has 6 nitrogen and oxygen atoms in total. The van der Waals surface area contributed by atoms with Crippen LogP contribution in [0.3, 0.4) is 0 Å². The Bertz CT molecular complexity index is 1340. The molecule has 0 fully saturated rings. The monoisotopic (exact) mass is 417 g/mol. The molecule has 4 rings (SSSR count). The summed E-state index contributed by atoms with van der Waals surface area (Å²) < 4.78 is 14.5. The van der Waals surface area contributed by atoms with Crippen LogP contribution in [0.5, 0.6) is 5.75 Å². The maximum atomic E-state index is 13.2. The molecule has 0 radical (unpaired) electrons. The van der Waals surface area contributed by atoms with Gasteiger partial charge in [-0.25, -0.2) is 9.37 Å². The van der Waals surface area contributed by atoms with E-state index in [1.165, 1.54) is 48.0 Å². The Hall–Kier alpha value is -4.00. The van der Waals surface area contributed by atoms with E-state index in [1.54, 1.807) is 0 Å². The molecule has 31 heavy (non-hydrogen) atoms. The Morgan fingerprint density at radius 2 is 1.74 bits per heavy atom. The number of halogens is 1. The van der Waals surface area contributed by atoms with Crippen LogP contribution in [0, 0.1) is 12.7 Å². The molecule has 4 aromatic rings. The number of nitrogens with one attached hydrogen (secondary N) is 1. The van der Waals surface area contributed by atoms with E-state index >= 15 is 0 Å². The van der Waals surface area contributed by atoms with Gasteiger partial charge in [0.1, 0.15) is 22.8 Å². The van der Waals surface area contributed by atoms with E-state index in [0.29, 0.717) is 11.4 Å². The number of rotatable bonds is 4. The number of amides is 1. The minimum absolute atomic E-state index is 0.00644. The number of aromatic nitrogens is 2. The van der Waals surface area contributed by atoms with Crippen molar-refractivity contribution in [1.29, 1.82) is 0 Å². The standard InChI is InChI=1S/C24H20FN3O3/c1-14-3-5-15(6-4-14)13-26-23(30)18-11-12-19-20(21(18)29)24(31)28(2)22(27-19)16-7-9-17(25)10-8-16/h3-12,29H,13H2,1-2H3,(H,26,30). The molecule has 7 heteroatoms. The second kappa shape index (κ2) is 8.02. The molecule has 1 amide bonds. The zero-order valence-electron chi connectivity index (χ0n) is 17.0. The molecule has 156 valence electrons. The third-order valence-electron chi connectivity index (χ3n) is 5.14. The predicted molar refractivity (Wildman–Crippen MR) is 116 cm³/mol. The molecular formula is C24H20FN3O3. The molecule has 0 spiro atoms. The van der Waals surface area contributed by atoms with Gasteiger partial charge in [0.2, 0.25) is 0 Å². The highest BCUT2D eigenvalue weighted by Crippen LogP contribution is 2.27. The summed E-state index contributed by atoms with van der Waals surface area (Å²) in [5.74, 6) is -0.982. The fourth-order valence-corrected chi connectivity index (χ4v) is 3.36. The third kappa shape index (κ3) is 3.90. The molecule has 0 saturated carbocycles. The van der Waals surface area contributed by atoms with Crippen LogP contribution >= 0.6 is 0 Å². The van der Waals surface area contributed by atoms with Crippen molar-refractivity contribution in [3.63, 3.8) is 0 Å². The summed E-state index contributed by atoms with van der Waals surface area (Å²) in [5.41, 5.74) is 2.33. The molecule has 3 aromatic carbocycles. The van der Waals surface area contributed by atoms with Gasteiger partial charge in [-0.05, 0) is 48.9 Å². The molecule has 2 N–H and O–H groups in total. The number of hydrogen-bond donors (Lipinski definition) is 2. The summed E-state index contributed by atoms with van der Waals surface area (Å²) in [6.07, 6.45) is 0. The van der Waals surface area contributed by atoms with Crippen LogP contribution < -0.4 is 10.9 Å². The maximum Gasteiger partial charge on any atom is 0.265 e. The predicted octanol–water partition coefficient (Wildman–Crippen LogP) is 3.68. The summed E-state index contributed by atoms with van der Waals surface area (Å²) in [6.45, 7) is 2.27. The van der Waals surface area contributed by atoms with Crippen LogP contribution in [0.1, 0.15) is 21.5 Å². The number of aryl methyl sites for hydroxylation is 1. The smallest absolute Gasteiger partial charge is 0.265 e. The van der Waals surface area contributed by atoms with Gasteiger partial charge in [-0.2, -0.15) is 0 Å². The van der Waals surface area contributed by atoms with E-state index in [-0.39, 0.29) is 23.0 Å². The first kappa shape index (κ1) is 20.3. The van der Waals surface area contributed by atoms with Crippen molar-refractivity contribution in [2.24, 2.45) is 7.05 Å². The number of fused-ring (bicyclic) bond motifs is 1. The van der Waals surface area contributed by atoms with Gasteiger partial charge in [0.25, 0.3) is 11.5 Å². The zero-order chi connectivity index (χ0) is 22.1. The SMILES string of the molecule is Cc1ccc(CNC(=O)c2ccc3nc(-c4ccc(F)cc4)n(C)c(=O)c3c2O)cc1. The first-order chi connectivity index (χ1) is 14.8. The molecule has 0 aliphatic carbocycles. The summed E-state index contributed by atoms with van der Waals surface area (Å²) >= 11 is 0. The normalized spacial score (nSPS) is 10.9.